The molecule has 0 saturated carbocycles. The van der Waals surface area contributed by atoms with Crippen molar-refractivity contribution in [2.24, 2.45) is 0 Å². The number of para-hydroxylation sites is 1. The fourth-order valence-corrected chi connectivity index (χ4v) is 2.64. The van der Waals surface area contributed by atoms with Gasteiger partial charge in [-0.15, -0.1) is 0 Å². The Morgan fingerprint density at radius 2 is 1.88 bits per heavy atom. The van der Waals surface area contributed by atoms with E-state index in [1.54, 1.807) is 25.3 Å². The maximum Gasteiger partial charge on any atom is 0.275 e. The van der Waals surface area contributed by atoms with Crippen molar-refractivity contribution in [1.82, 2.24) is 10.1 Å². The van der Waals surface area contributed by atoms with Gasteiger partial charge in [0.25, 0.3) is 5.91 Å². The van der Waals surface area contributed by atoms with E-state index in [4.69, 9.17) is 4.52 Å². The molecule has 0 atom stereocenters. The highest BCUT2D eigenvalue weighted by Gasteiger charge is 2.18. The van der Waals surface area contributed by atoms with E-state index < -0.39 is 0 Å². The summed E-state index contributed by atoms with van der Waals surface area (Å²) in [5, 5.41) is 9.82. The molecule has 2 heterocycles. The first-order chi connectivity index (χ1) is 12.3. The SMILES string of the molecule is Cc1cc(NC(=O)c2cc(Nc3ccccc3C(C)(C)C)ccn2)no1. The van der Waals surface area contributed by atoms with Crippen LogP contribution in [-0.4, -0.2) is 16.0 Å². The van der Waals surface area contributed by atoms with Crippen molar-refractivity contribution >= 4 is 23.1 Å². The molecule has 0 aliphatic heterocycles. The van der Waals surface area contributed by atoms with Crippen LogP contribution in [0.1, 0.15) is 42.6 Å². The largest absolute Gasteiger partial charge is 0.360 e. The Kier molecular flexibility index (Phi) is 4.75. The highest BCUT2D eigenvalue weighted by Crippen LogP contribution is 2.31. The van der Waals surface area contributed by atoms with Crippen LogP contribution >= 0.6 is 0 Å². The van der Waals surface area contributed by atoms with Crippen molar-refractivity contribution in [1.29, 1.82) is 0 Å². The summed E-state index contributed by atoms with van der Waals surface area (Å²) in [5.74, 6) is 0.652. The third-order valence-corrected chi connectivity index (χ3v) is 3.88. The zero-order chi connectivity index (χ0) is 18.7. The molecule has 6 heteroatoms. The number of rotatable bonds is 4. The van der Waals surface area contributed by atoms with E-state index in [0.717, 1.165) is 11.4 Å². The third kappa shape index (κ3) is 4.08. The molecule has 0 saturated heterocycles. The lowest BCUT2D eigenvalue weighted by molar-refractivity contribution is 0.102. The summed E-state index contributed by atoms with van der Waals surface area (Å²) in [6.07, 6.45) is 1.60. The average Bonchev–Trinajstić information content (AvgIpc) is 2.99. The summed E-state index contributed by atoms with van der Waals surface area (Å²) < 4.78 is 4.95. The minimum atomic E-state index is -0.342. The number of hydrogen-bond donors (Lipinski definition) is 2. The van der Waals surface area contributed by atoms with E-state index in [2.05, 4.69) is 47.6 Å². The van der Waals surface area contributed by atoms with Gasteiger partial charge in [0.1, 0.15) is 11.5 Å². The molecule has 0 unspecified atom stereocenters. The Bertz CT molecular complexity index is 925. The molecular formula is C20H22N4O2. The first kappa shape index (κ1) is 17.7. The minimum Gasteiger partial charge on any atom is -0.360 e. The standard InChI is InChI=1S/C20H22N4O2/c1-13-11-18(24-26-13)23-19(25)17-12-14(9-10-21-17)22-16-8-6-5-7-15(16)20(2,3)4/h5-12H,1-4H3,(H,21,22)(H,23,24,25). The zero-order valence-electron chi connectivity index (χ0n) is 15.3. The molecule has 0 fully saturated rings. The van der Waals surface area contributed by atoms with Gasteiger partial charge in [-0.1, -0.05) is 44.1 Å². The quantitative estimate of drug-likeness (QED) is 0.714. The van der Waals surface area contributed by atoms with E-state index in [0.29, 0.717) is 17.3 Å². The number of benzene rings is 1. The van der Waals surface area contributed by atoms with Gasteiger partial charge in [-0.3, -0.25) is 9.78 Å². The third-order valence-electron chi connectivity index (χ3n) is 3.88. The van der Waals surface area contributed by atoms with Gasteiger partial charge in [0, 0.05) is 23.6 Å². The molecule has 2 N–H and O–H groups in total. The smallest absolute Gasteiger partial charge is 0.275 e. The van der Waals surface area contributed by atoms with Crippen molar-refractivity contribution in [3.05, 3.63) is 65.7 Å². The summed E-state index contributed by atoms with van der Waals surface area (Å²) in [4.78, 5) is 16.5. The van der Waals surface area contributed by atoms with E-state index in [1.165, 1.54) is 5.56 Å². The number of nitrogens with one attached hydrogen (secondary N) is 2. The number of nitrogens with zero attached hydrogens (tertiary/aromatic N) is 2. The molecule has 3 rings (SSSR count). The van der Waals surface area contributed by atoms with Crippen molar-refractivity contribution in [3.8, 4) is 0 Å². The number of anilines is 3. The number of aromatic nitrogens is 2. The van der Waals surface area contributed by atoms with Gasteiger partial charge in [0.2, 0.25) is 0 Å². The summed E-state index contributed by atoms with van der Waals surface area (Å²) in [5.41, 5.74) is 3.29. The molecule has 2 aromatic heterocycles. The van der Waals surface area contributed by atoms with Gasteiger partial charge in [-0.2, -0.15) is 0 Å². The summed E-state index contributed by atoms with van der Waals surface area (Å²) >= 11 is 0. The van der Waals surface area contributed by atoms with Crippen molar-refractivity contribution in [3.63, 3.8) is 0 Å². The lowest BCUT2D eigenvalue weighted by atomic mass is 9.86. The highest BCUT2D eigenvalue weighted by atomic mass is 16.5. The summed E-state index contributed by atoms with van der Waals surface area (Å²) in [6, 6.07) is 13.3. The maximum atomic E-state index is 12.4. The molecule has 6 nitrogen and oxygen atoms in total. The Hall–Kier alpha value is -3.15. The first-order valence-electron chi connectivity index (χ1n) is 8.40. The number of amides is 1. The van der Waals surface area contributed by atoms with Crippen LogP contribution in [0.2, 0.25) is 0 Å². The van der Waals surface area contributed by atoms with Crippen molar-refractivity contribution < 1.29 is 9.32 Å². The molecule has 134 valence electrons. The maximum absolute atomic E-state index is 12.4. The lowest BCUT2D eigenvalue weighted by Gasteiger charge is -2.23. The Labute approximate surface area is 152 Å². The van der Waals surface area contributed by atoms with Crippen LogP contribution in [0, 0.1) is 6.92 Å². The minimum absolute atomic E-state index is 0.00163. The van der Waals surface area contributed by atoms with Crippen LogP contribution in [0.5, 0.6) is 0 Å². The second-order valence-corrected chi connectivity index (χ2v) is 7.13. The van der Waals surface area contributed by atoms with Crippen molar-refractivity contribution in [2.45, 2.75) is 33.1 Å². The second-order valence-electron chi connectivity index (χ2n) is 7.13. The van der Waals surface area contributed by atoms with Crippen LogP contribution in [0.4, 0.5) is 17.2 Å². The van der Waals surface area contributed by atoms with Gasteiger partial charge < -0.3 is 15.2 Å². The molecule has 26 heavy (non-hydrogen) atoms. The monoisotopic (exact) mass is 350 g/mol. The average molecular weight is 350 g/mol. The van der Waals surface area contributed by atoms with E-state index >= 15 is 0 Å². The zero-order valence-corrected chi connectivity index (χ0v) is 15.3. The summed E-state index contributed by atoms with van der Waals surface area (Å²) in [6.45, 7) is 8.26. The topological polar surface area (TPSA) is 80.0 Å². The Balaban J connectivity index is 1.81. The molecule has 0 bridgehead atoms. The molecule has 3 aromatic rings. The highest BCUT2D eigenvalue weighted by molar-refractivity contribution is 6.02. The van der Waals surface area contributed by atoms with Gasteiger partial charge >= 0.3 is 0 Å². The summed E-state index contributed by atoms with van der Waals surface area (Å²) in [7, 11) is 0. The molecule has 0 spiro atoms. The lowest BCUT2D eigenvalue weighted by Crippen LogP contribution is -2.15. The number of hydrogen-bond acceptors (Lipinski definition) is 5. The number of pyridine rings is 1. The molecule has 0 radical (unpaired) electrons. The van der Waals surface area contributed by atoms with Crippen LogP contribution in [0.15, 0.2) is 53.2 Å². The fourth-order valence-electron chi connectivity index (χ4n) is 2.64. The predicted octanol–water partition coefficient (Wildman–Crippen LogP) is 4.67. The second kappa shape index (κ2) is 7.00. The molecule has 0 aliphatic carbocycles. The van der Waals surface area contributed by atoms with E-state index in [1.807, 2.05) is 24.3 Å². The van der Waals surface area contributed by atoms with E-state index in [9.17, 15) is 4.79 Å². The van der Waals surface area contributed by atoms with Crippen LogP contribution in [0.25, 0.3) is 0 Å². The number of aryl methyl sites for hydroxylation is 1. The van der Waals surface area contributed by atoms with E-state index in [-0.39, 0.29) is 11.3 Å². The van der Waals surface area contributed by atoms with Gasteiger partial charge in [0.15, 0.2) is 5.82 Å². The van der Waals surface area contributed by atoms with Crippen LogP contribution < -0.4 is 10.6 Å². The Morgan fingerprint density at radius 3 is 2.58 bits per heavy atom. The molecular weight excluding hydrogens is 328 g/mol. The fraction of sp³-hybridized carbons (Fsp3) is 0.250. The number of carbonyl (C=O) groups is 1. The van der Waals surface area contributed by atoms with Crippen molar-refractivity contribution in [2.75, 3.05) is 10.6 Å². The number of carbonyl (C=O) groups excluding carboxylic acids is 1. The molecule has 1 aromatic carbocycles. The molecule has 0 aliphatic rings. The Morgan fingerprint density at radius 1 is 1.12 bits per heavy atom. The molecule has 1 amide bonds. The predicted molar refractivity (Wildman–Crippen MR) is 102 cm³/mol. The van der Waals surface area contributed by atoms with Crippen LogP contribution in [0.3, 0.4) is 0 Å². The van der Waals surface area contributed by atoms with Gasteiger partial charge in [-0.25, -0.2) is 0 Å². The normalized spacial score (nSPS) is 11.2. The van der Waals surface area contributed by atoms with Gasteiger partial charge in [0.05, 0.1) is 0 Å². The van der Waals surface area contributed by atoms with Gasteiger partial charge in [-0.05, 0) is 36.1 Å². The van der Waals surface area contributed by atoms with Crippen LogP contribution in [-0.2, 0) is 5.41 Å². The first-order valence-corrected chi connectivity index (χ1v) is 8.40.